The van der Waals surface area contributed by atoms with Crippen LogP contribution in [0.15, 0.2) is 89.8 Å². The third-order valence-corrected chi connectivity index (χ3v) is 6.20. The van der Waals surface area contributed by atoms with Crippen molar-refractivity contribution in [1.82, 2.24) is 10.0 Å². The molecule has 1 unspecified atom stereocenters. The van der Waals surface area contributed by atoms with Crippen molar-refractivity contribution >= 4 is 22.0 Å². The normalized spacial score (nSPS) is 11.9. The third kappa shape index (κ3) is 6.42. The highest BCUT2D eigenvalue weighted by Gasteiger charge is 2.26. The molecule has 2 amide bonds. The Morgan fingerprint density at radius 1 is 0.844 bits per heavy atom. The smallest absolute Gasteiger partial charge is 0.329 e. The molecule has 0 saturated carbocycles. The molecule has 0 aliphatic carbocycles. The molecule has 0 heterocycles. The molecule has 166 valence electrons. The number of esters is 1. The molecule has 8 heteroatoms. The zero-order valence-electron chi connectivity index (χ0n) is 17.5. The van der Waals surface area contributed by atoms with Crippen molar-refractivity contribution in [3.05, 3.63) is 102 Å². The van der Waals surface area contributed by atoms with Crippen LogP contribution in [-0.4, -0.2) is 26.5 Å². The van der Waals surface area contributed by atoms with Crippen molar-refractivity contribution < 1.29 is 22.7 Å². The number of amides is 2. The summed E-state index contributed by atoms with van der Waals surface area (Å²) in [6, 6.07) is 22.4. The van der Waals surface area contributed by atoms with Crippen LogP contribution in [0.3, 0.4) is 0 Å². The molecule has 32 heavy (non-hydrogen) atoms. The minimum absolute atomic E-state index is 0.0126. The van der Waals surface area contributed by atoms with E-state index in [1.807, 2.05) is 53.3 Å². The molecule has 0 aliphatic rings. The van der Waals surface area contributed by atoms with Crippen LogP contribution < -0.4 is 10.0 Å². The van der Waals surface area contributed by atoms with Crippen LogP contribution in [0.4, 0.5) is 4.79 Å². The molecule has 0 fully saturated rings. The lowest BCUT2D eigenvalue weighted by atomic mass is 10.1. The molecule has 0 aromatic heterocycles. The highest BCUT2D eigenvalue weighted by atomic mass is 32.2. The van der Waals surface area contributed by atoms with E-state index >= 15 is 0 Å². The lowest BCUT2D eigenvalue weighted by molar-refractivity contribution is -0.147. The molecule has 7 nitrogen and oxygen atoms in total. The van der Waals surface area contributed by atoms with Gasteiger partial charge in [-0.15, -0.1) is 0 Å². The Morgan fingerprint density at radius 2 is 1.41 bits per heavy atom. The van der Waals surface area contributed by atoms with Gasteiger partial charge >= 0.3 is 12.0 Å². The number of rotatable bonds is 8. The first-order valence-electron chi connectivity index (χ1n) is 9.98. The Bertz CT molecular complexity index is 1170. The summed E-state index contributed by atoms with van der Waals surface area (Å²) in [5, 5.41) is 2.44. The summed E-state index contributed by atoms with van der Waals surface area (Å²) in [6.45, 7) is 1.67. The van der Waals surface area contributed by atoms with Gasteiger partial charge in [0.2, 0.25) is 0 Å². The largest absolute Gasteiger partial charge is 0.459 e. The van der Waals surface area contributed by atoms with E-state index in [1.54, 1.807) is 37.3 Å². The van der Waals surface area contributed by atoms with Gasteiger partial charge in [0, 0.05) is 6.42 Å². The van der Waals surface area contributed by atoms with Gasteiger partial charge in [-0.05, 0) is 29.7 Å². The number of hydrogen-bond donors (Lipinski definition) is 2. The Labute approximate surface area is 187 Å². The van der Waals surface area contributed by atoms with Gasteiger partial charge in [-0.3, -0.25) is 0 Å². The molecule has 2 N–H and O–H groups in total. The fraction of sp³-hybridized carbons (Fsp3) is 0.167. The standard InChI is InChI=1S/C24H24N2O5S/c1-18-10-8-9-15-22(18)32(29,30)26-24(28)25-21(16-19-11-4-2-5-12-19)23(27)31-17-20-13-6-3-7-14-20/h2-15,21H,16-17H2,1H3,(H2,25,26,28). The molecule has 0 radical (unpaired) electrons. The zero-order chi connectivity index (χ0) is 23.0. The Kier molecular flexibility index (Phi) is 7.62. The van der Waals surface area contributed by atoms with Crippen LogP contribution in [0.25, 0.3) is 0 Å². The molecule has 3 aromatic carbocycles. The Morgan fingerprint density at radius 3 is 2.03 bits per heavy atom. The summed E-state index contributed by atoms with van der Waals surface area (Å²) in [5.41, 5.74) is 2.08. The van der Waals surface area contributed by atoms with Crippen molar-refractivity contribution in [3.8, 4) is 0 Å². The second-order valence-corrected chi connectivity index (χ2v) is 8.83. The van der Waals surface area contributed by atoms with Crippen LogP contribution >= 0.6 is 0 Å². The predicted molar refractivity (Wildman–Crippen MR) is 120 cm³/mol. The van der Waals surface area contributed by atoms with Crippen molar-refractivity contribution in [1.29, 1.82) is 0 Å². The minimum atomic E-state index is -4.10. The number of sulfonamides is 1. The fourth-order valence-electron chi connectivity index (χ4n) is 3.10. The predicted octanol–water partition coefficient (Wildman–Crippen LogP) is 3.34. The first-order chi connectivity index (χ1) is 15.3. The maximum Gasteiger partial charge on any atom is 0.329 e. The van der Waals surface area contributed by atoms with Crippen LogP contribution in [0.5, 0.6) is 0 Å². The second-order valence-electron chi connectivity index (χ2n) is 7.18. The average molecular weight is 453 g/mol. The number of carbonyl (C=O) groups is 2. The first-order valence-corrected chi connectivity index (χ1v) is 11.5. The quantitative estimate of drug-likeness (QED) is 0.511. The molecule has 0 bridgehead atoms. The first kappa shape index (κ1) is 23.0. The summed E-state index contributed by atoms with van der Waals surface area (Å²) in [7, 11) is -4.10. The zero-order valence-corrected chi connectivity index (χ0v) is 18.3. The lowest BCUT2D eigenvalue weighted by Crippen LogP contribution is -2.49. The van der Waals surface area contributed by atoms with Crippen LogP contribution in [-0.2, 0) is 32.6 Å². The minimum Gasteiger partial charge on any atom is -0.459 e. The second kappa shape index (κ2) is 10.6. The van der Waals surface area contributed by atoms with Crippen LogP contribution in [0.1, 0.15) is 16.7 Å². The maximum absolute atomic E-state index is 12.7. The van der Waals surface area contributed by atoms with Gasteiger partial charge in [0.1, 0.15) is 12.6 Å². The van der Waals surface area contributed by atoms with E-state index in [4.69, 9.17) is 4.74 Å². The molecular weight excluding hydrogens is 428 g/mol. The van der Waals surface area contributed by atoms with E-state index in [9.17, 15) is 18.0 Å². The van der Waals surface area contributed by atoms with E-state index in [0.717, 1.165) is 11.1 Å². The number of hydrogen-bond acceptors (Lipinski definition) is 5. The summed E-state index contributed by atoms with van der Waals surface area (Å²) in [4.78, 5) is 25.2. The van der Waals surface area contributed by atoms with Crippen molar-refractivity contribution in [2.75, 3.05) is 0 Å². The molecule has 0 saturated heterocycles. The van der Waals surface area contributed by atoms with Gasteiger partial charge in [0.25, 0.3) is 10.0 Å². The number of ether oxygens (including phenoxy) is 1. The summed E-state index contributed by atoms with van der Waals surface area (Å²) < 4.78 is 32.5. The number of benzene rings is 3. The highest BCUT2D eigenvalue weighted by molar-refractivity contribution is 7.90. The van der Waals surface area contributed by atoms with Gasteiger partial charge in [-0.2, -0.15) is 0 Å². The number of urea groups is 1. The number of nitrogens with one attached hydrogen (secondary N) is 2. The third-order valence-electron chi connectivity index (χ3n) is 4.71. The Hall–Kier alpha value is -3.65. The van der Waals surface area contributed by atoms with Gasteiger partial charge in [-0.1, -0.05) is 78.9 Å². The van der Waals surface area contributed by atoms with Crippen molar-refractivity contribution in [2.45, 2.75) is 30.9 Å². The molecule has 0 spiro atoms. The van der Waals surface area contributed by atoms with Gasteiger partial charge in [0.05, 0.1) is 4.90 Å². The van der Waals surface area contributed by atoms with Crippen LogP contribution in [0.2, 0.25) is 0 Å². The monoisotopic (exact) mass is 452 g/mol. The maximum atomic E-state index is 12.7. The number of carbonyl (C=O) groups excluding carboxylic acids is 2. The summed E-state index contributed by atoms with van der Waals surface area (Å²) >= 11 is 0. The van der Waals surface area contributed by atoms with E-state index in [1.165, 1.54) is 6.07 Å². The van der Waals surface area contributed by atoms with E-state index in [0.29, 0.717) is 5.56 Å². The van der Waals surface area contributed by atoms with Gasteiger partial charge in [0.15, 0.2) is 0 Å². The van der Waals surface area contributed by atoms with Gasteiger partial charge in [-0.25, -0.2) is 22.7 Å². The van der Waals surface area contributed by atoms with Crippen molar-refractivity contribution in [3.63, 3.8) is 0 Å². The molecule has 1 atom stereocenters. The highest BCUT2D eigenvalue weighted by Crippen LogP contribution is 2.14. The summed E-state index contributed by atoms with van der Waals surface area (Å²) in [6.07, 6.45) is 0.145. The molecule has 3 rings (SSSR count). The lowest BCUT2D eigenvalue weighted by Gasteiger charge is -2.18. The van der Waals surface area contributed by atoms with E-state index in [2.05, 4.69) is 5.32 Å². The molecule has 0 aliphatic heterocycles. The van der Waals surface area contributed by atoms with Crippen LogP contribution in [0, 0.1) is 6.92 Å². The fourth-order valence-corrected chi connectivity index (χ4v) is 4.26. The average Bonchev–Trinajstić information content (AvgIpc) is 2.78. The number of aryl methyl sites for hydroxylation is 1. The topological polar surface area (TPSA) is 102 Å². The molecule has 3 aromatic rings. The van der Waals surface area contributed by atoms with Crippen molar-refractivity contribution in [2.24, 2.45) is 0 Å². The Balaban J connectivity index is 1.71. The molecular formula is C24H24N2O5S. The van der Waals surface area contributed by atoms with E-state index < -0.39 is 28.1 Å². The van der Waals surface area contributed by atoms with E-state index in [-0.39, 0.29) is 17.9 Å². The summed E-state index contributed by atoms with van der Waals surface area (Å²) in [5.74, 6) is -0.666. The van der Waals surface area contributed by atoms with Gasteiger partial charge < -0.3 is 10.1 Å². The SMILES string of the molecule is Cc1ccccc1S(=O)(=O)NC(=O)NC(Cc1ccccc1)C(=O)OCc1ccccc1.